The summed E-state index contributed by atoms with van der Waals surface area (Å²) in [6, 6.07) is 13.6. The lowest BCUT2D eigenvalue weighted by Crippen LogP contribution is -2.36. The molecule has 1 atom stereocenters. The number of nitrogens with zero attached hydrogens (tertiary/aromatic N) is 5. The Labute approximate surface area is 216 Å². The van der Waals surface area contributed by atoms with Gasteiger partial charge in [0.25, 0.3) is 5.91 Å². The van der Waals surface area contributed by atoms with E-state index in [1.807, 2.05) is 30.3 Å². The minimum absolute atomic E-state index is 0.122. The number of carbonyl (C=O) groups is 1. The summed E-state index contributed by atoms with van der Waals surface area (Å²) in [5.41, 5.74) is 4.29. The summed E-state index contributed by atoms with van der Waals surface area (Å²) < 4.78 is 0. The molecule has 1 saturated heterocycles. The molecule has 37 heavy (non-hydrogen) atoms. The van der Waals surface area contributed by atoms with Gasteiger partial charge < -0.3 is 20.6 Å². The molecule has 9 heteroatoms. The SMILES string of the molecule is CNC(=O)c1ccnc2c([C@H](C)CNc3cc(-c4ccnc(N5CCC(O)CC5)c4)ncn3)cccc12. The van der Waals surface area contributed by atoms with Crippen LogP contribution >= 0.6 is 0 Å². The van der Waals surface area contributed by atoms with Crippen molar-refractivity contribution in [2.24, 2.45) is 0 Å². The molecular weight excluding hydrogens is 466 g/mol. The minimum atomic E-state index is -0.222. The van der Waals surface area contributed by atoms with Crippen LogP contribution in [0.3, 0.4) is 0 Å². The number of piperidine rings is 1. The van der Waals surface area contributed by atoms with Gasteiger partial charge in [-0.25, -0.2) is 15.0 Å². The topological polar surface area (TPSA) is 116 Å². The van der Waals surface area contributed by atoms with Gasteiger partial charge in [0, 0.05) is 62.0 Å². The third kappa shape index (κ3) is 5.36. The van der Waals surface area contributed by atoms with Crippen molar-refractivity contribution in [1.82, 2.24) is 25.3 Å². The Kier molecular flexibility index (Phi) is 7.23. The first-order valence-corrected chi connectivity index (χ1v) is 12.6. The van der Waals surface area contributed by atoms with Gasteiger partial charge in [-0.1, -0.05) is 25.1 Å². The Balaban J connectivity index is 1.32. The van der Waals surface area contributed by atoms with Crippen LogP contribution in [-0.2, 0) is 0 Å². The molecule has 9 nitrogen and oxygen atoms in total. The van der Waals surface area contributed by atoms with Crippen LogP contribution in [-0.4, -0.2) is 63.7 Å². The molecule has 3 N–H and O–H groups in total. The van der Waals surface area contributed by atoms with E-state index in [1.54, 1.807) is 31.8 Å². The Morgan fingerprint density at radius 1 is 1.08 bits per heavy atom. The van der Waals surface area contributed by atoms with E-state index in [-0.39, 0.29) is 17.9 Å². The highest BCUT2D eigenvalue weighted by Gasteiger charge is 2.19. The summed E-state index contributed by atoms with van der Waals surface area (Å²) in [6.07, 6.45) is 6.33. The molecule has 0 spiro atoms. The van der Waals surface area contributed by atoms with Crippen LogP contribution in [0.25, 0.3) is 22.2 Å². The Hall–Kier alpha value is -4.11. The third-order valence-electron chi connectivity index (χ3n) is 6.89. The van der Waals surface area contributed by atoms with Crippen LogP contribution in [0.2, 0.25) is 0 Å². The van der Waals surface area contributed by atoms with Crippen LogP contribution in [0.1, 0.15) is 41.6 Å². The number of rotatable bonds is 7. The lowest BCUT2D eigenvalue weighted by Gasteiger charge is -2.30. The van der Waals surface area contributed by atoms with Crippen LogP contribution in [0.15, 0.2) is 61.2 Å². The number of aromatic nitrogens is 4. The molecule has 0 unspecified atom stereocenters. The van der Waals surface area contributed by atoms with Gasteiger partial charge in [0.05, 0.1) is 22.9 Å². The highest BCUT2D eigenvalue weighted by atomic mass is 16.3. The summed E-state index contributed by atoms with van der Waals surface area (Å²) in [6.45, 7) is 4.35. The zero-order valence-corrected chi connectivity index (χ0v) is 21.1. The van der Waals surface area contributed by atoms with E-state index < -0.39 is 0 Å². The van der Waals surface area contributed by atoms with Gasteiger partial charge in [-0.15, -0.1) is 0 Å². The van der Waals surface area contributed by atoms with Gasteiger partial charge in [-0.3, -0.25) is 9.78 Å². The number of aliphatic hydroxyl groups excluding tert-OH is 1. The molecule has 1 aromatic carbocycles. The van der Waals surface area contributed by atoms with Crippen LogP contribution < -0.4 is 15.5 Å². The van der Waals surface area contributed by atoms with E-state index in [4.69, 9.17) is 0 Å². The number of aliphatic hydroxyl groups is 1. The molecule has 4 aromatic rings. The lowest BCUT2D eigenvalue weighted by atomic mass is 9.96. The molecule has 3 aromatic heterocycles. The van der Waals surface area contributed by atoms with E-state index in [0.29, 0.717) is 12.1 Å². The number of amides is 1. The zero-order chi connectivity index (χ0) is 25.8. The fraction of sp³-hybridized carbons (Fsp3) is 0.321. The number of hydrogen-bond acceptors (Lipinski definition) is 8. The maximum Gasteiger partial charge on any atom is 0.251 e. The van der Waals surface area contributed by atoms with Crippen molar-refractivity contribution in [2.45, 2.75) is 31.8 Å². The van der Waals surface area contributed by atoms with Crippen LogP contribution in [0, 0.1) is 0 Å². The number of anilines is 2. The number of pyridine rings is 2. The van der Waals surface area contributed by atoms with E-state index in [9.17, 15) is 9.90 Å². The second kappa shape index (κ2) is 10.9. The molecule has 1 aliphatic rings. The average Bonchev–Trinajstić information content (AvgIpc) is 2.95. The number of hydrogen-bond donors (Lipinski definition) is 3. The number of para-hydroxylation sites is 1. The van der Waals surface area contributed by atoms with Crippen LogP contribution in [0.4, 0.5) is 11.6 Å². The molecule has 1 aliphatic heterocycles. The fourth-order valence-electron chi connectivity index (χ4n) is 4.75. The summed E-state index contributed by atoms with van der Waals surface area (Å²) in [7, 11) is 1.63. The van der Waals surface area contributed by atoms with Gasteiger partial charge >= 0.3 is 0 Å². The molecule has 1 amide bonds. The predicted molar refractivity (Wildman–Crippen MR) is 145 cm³/mol. The summed E-state index contributed by atoms with van der Waals surface area (Å²) in [5.74, 6) is 1.62. The molecule has 190 valence electrons. The van der Waals surface area contributed by atoms with Crippen molar-refractivity contribution in [3.05, 3.63) is 72.3 Å². The standard InChI is InChI=1S/C28H31N7O2/c1-18(21-4-3-5-22-23(28(37)29-2)7-11-31-27(21)22)16-32-25-15-24(33-17-34-25)19-6-10-30-26(14-19)35-12-8-20(36)9-13-35/h3-7,10-11,14-15,17-18,20,36H,8-9,12-13,16H2,1-2H3,(H,29,37)(H,32,33,34)/t18-/m1/s1. The van der Waals surface area contributed by atoms with Crippen molar-refractivity contribution < 1.29 is 9.90 Å². The zero-order valence-electron chi connectivity index (χ0n) is 21.1. The number of carbonyl (C=O) groups excluding carboxylic acids is 1. The first-order valence-electron chi connectivity index (χ1n) is 12.6. The van der Waals surface area contributed by atoms with Gasteiger partial charge in [0.1, 0.15) is 18.0 Å². The van der Waals surface area contributed by atoms with Crippen LogP contribution in [0.5, 0.6) is 0 Å². The van der Waals surface area contributed by atoms with Crippen molar-refractivity contribution in [1.29, 1.82) is 0 Å². The van der Waals surface area contributed by atoms with E-state index in [1.165, 1.54) is 0 Å². The summed E-state index contributed by atoms with van der Waals surface area (Å²) in [5, 5.41) is 16.8. The van der Waals surface area contributed by atoms with Crippen molar-refractivity contribution in [3.63, 3.8) is 0 Å². The van der Waals surface area contributed by atoms with E-state index >= 15 is 0 Å². The maximum absolute atomic E-state index is 12.3. The second-order valence-electron chi connectivity index (χ2n) is 9.37. The molecule has 0 saturated carbocycles. The second-order valence-corrected chi connectivity index (χ2v) is 9.37. The quantitative estimate of drug-likeness (QED) is 0.355. The molecular formula is C28H31N7O2. The molecule has 0 aliphatic carbocycles. The van der Waals surface area contributed by atoms with E-state index in [2.05, 4.69) is 48.5 Å². The number of fused-ring (bicyclic) bond motifs is 1. The molecule has 0 bridgehead atoms. The van der Waals surface area contributed by atoms with Crippen molar-refractivity contribution in [2.75, 3.05) is 36.9 Å². The monoisotopic (exact) mass is 497 g/mol. The highest BCUT2D eigenvalue weighted by molar-refractivity contribution is 6.06. The first-order chi connectivity index (χ1) is 18.0. The predicted octanol–water partition coefficient (Wildman–Crippen LogP) is 3.62. The summed E-state index contributed by atoms with van der Waals surface area (Å²) in [4.78, 5) is 32.5. The molecule has 1 fully saturated rings. The number of nitrogens with one attached hydrogen (secondary N) is 2. The van der Waals surface area contributed by atoms with Gasteiger partial charge in [0.2, 0.25) is 0 Å². The van der Waals surface area contributed by atoms with Gasteiger partial charge in [-0.05, 0) is 36.6 Å². The molecule has 4 heterocycles. The largest absolute Gasteiger partial charge is 0.393 e. The van der Waals surface area contributed by atoms with Gasteiger partial charge in [0.15, 0.2) is 0 Å². The van der Waals surface area contributed by atoms with E-state index in [0.717, 1.165) is 65.3 Å². The Morgan fingerprint density at radius 3 is 2.70 bits per heavy atom. The highest BCUT2D eigenvalue weighted by Crippen LogP contribution is 2.28. The Bertz CT molecular complexity index is 1400. The smallest absolute Gasteiger partial charge is 0.251 e. The lowest BCUT2D eigenvalue weighted by molar-refractivity contribution is 0.0964. The maximum atomic E-state index is 12.3. The minimum Gasteiger partial charge on any atom is -0.393 e. The van der Waals surface area contributed by atoms with Crippen molar-refractivity contribution >= 4 is 28.4 Å². The molecule has 0 radical (unpaired) electrons. The fourth-order valence-corrected chi connectivity index (χ4v) is 4.75. The van der Waals surface area contributed by atoms with Gasteiger partial charge in [-0.2, -0.15) is 0 Å². The Morgan fingerprint density at radius 2 is 1.89 bits per heavy atom. The molecule has 5 rings (SSSR count). The third-order valence-corrected chi connectivity index (χ3v) is 6.89. The number of benzene rings is 1. The first kappa shape index (κ1) is 24.6. The normalized spacial score (nSPS) is 14.9. The van der Waals surface area contributed by atoms with Crippen molar-refractivity contribution in [3.8, 4) is 11.3 Å². The summed E-state index contributed by atoms with van der Waals surface area (Å²) >= 11 is 0. The average molecular weight is 498 g/mol.